The van der Waals surface area contributed by atoms with Gasteiger partial charge in [0.15, 0.2) is 6.29 Å². The van der Waals surface area contributed by atoms with E-state index in [0.29, 0.717) is 6.08 Å². The number of aliphatic hydroxyl groups is 4. The smallest absolute Gasteiger partial charge is 0.397 e. The van der Waals surface area contributed by atoms with Gasteiger partial charge >= 0.3 is 16.4 Å². The van der Waals surface area contributed by atoms with E-state index in [2.05, 4.69) is 9.50 Å². The summed E-state index contributed by atoms with van der Waals surface area (Å²) in [5.41, 5.74) is 0. The molecule has 30 heavy (non-hydrogen) atoms. The van der Waals surface area contributed by atoms with Gasteiger partial charge in [-0.3, -0.25) is 9.35 Å². The molecule has 2 aliphatic rings. The minimum atomic E-state index is -4.96. The fourth-order valence-corrected chi connectivity index (χ4v) is 3.12. The van der Waals surface area contributed by atoms with Gasteiger partial charge in [0.25, 0.3) is 0 Å². The Bertz CT molecular complexity index is 784. The lowest BCUT2D eigenvalue weighted by molar-refractivity contribution is -0.306. The van der Waals surface area contributed by atoms with Crippen molar-refractivity contribution in [2.24, 2.45) is 0 Å². The number of carboxylic acids is 1. The number of ether oxygens (including phenoxy) is 3. The molecule has 0 aromatic heterocycles. The van der Waals surface area contributed by atoms with Crippen molar-refractivity contribution < 1.29 is 66.5 Å². The van der Waals surface area contributed by atoms with Crippen molar-refractivity contribution in [3.63, 3.8) is 0 Å². The Hall–Kier alpha value is -1.89. The number of rotatable bonds is 7. The standard InChI is InChI=1S/C14H21NO14S/c1-4(16)15-8-10(19)11(7(27-13(8)22)3-26-30(23,24)25)29-14-9(18)5(17)2-6(28-14)12(20)21/h2,5,7-11,13-14,17-19,22H,3H2,1H3,(H,15,16)(H,20,21)(H,23,24,25)/t5-,7+,8+,9+,10+,11+,13?,14-/m0/s1. The molecule has 1 unspecified atom stereocenters. The lowest BCUT2D eigenvalue weighted by Crippen LogP contribution is -2.66. The fourth-order valence-electron chi connectivity index (χ4n) is 2.81. The number of carboxylic acid groups (broad SMARTS) is 1. The van der Waals surface area contributed by atoms with Gasteiger partial charge in [-0.1, -0.05) is 0 Å². The molecule has 1 amide bonds. The van der Waals surface area contributed by atoms with Crippen LogP contribution in [0.4, 0.5) is 0 Å². The molecule has 0 radical (unpaired) electrons. The summed E-state index contributed by atoms with van der Waals surface area (Å²) in [5.74, 6) is -3.07. The SMILES string of the molecule is CC(=O)N[C@H]1C(O)O[C@H](COS(=O)(=O)O)[C@@H](O[C@@H]2OC(C(=O)O)=C[C@H](O)[C@H]2O)[C@@H]1O. The summed E-state index contributed by atoms with van der Waals surface area (Å²) in [5, 5.41) is 51.5. The molecule has 0 saturated carbocycles. The van der Waals surface area contributed by atoms with Crippen LogP contribution < -0.4 is 5.32 Å². The van der Waals surface area contributed by atoms with E-state index in [1.54, 1.807) is 0 Å². The van der Waals surface area contributed by atoms with Crippen molar-refractivity contribution in [1.82, 2.24) is 5.32 Å². The third-order valence-electron chi connectivity index (χ3n) is 4.14. The lowest BCUT2D eigenvalue weighted by atomic mass is 9.96. The molecule has 1 saturated heterocycles. The number of aliphatic hydroxyl groups excluding tert-OH is 4. The van der Waals surface area contributed by atoms with E-state index in [4.69, 9.17) is 23.9 Å². The number of hydrogen-bond donors (Lipinski definition) is 7. The Morgan fingerprint density at radius 2 is 1.83 bits per heavy atom. The maximum atomic E-state index is 11.3. The monoisotopic (exact) mass is 459 g/mol. The van der Waals surface area contributed by atoms with Crippen LogP contribution in [0.25, 0.3) is 0 Å². The summed E-state index contributed by atoms with van der Waals surface area (Å²) in [6.07, 6.45) is -11.8. The highest BCUT2D eigenvalue weighted by molar-refractivity contribution is 7.80. The van der Waals surface area contributed by atoms with Gasteiger partial charge in [-0.2, -0.15) is 8.42 Å². The Morgan fingerprint density at radius 1 is 1.20 bits per heavy atom. The first kappa shape index (κ1) is 24.4. The second kappa shape index (κ2) is 9.50. The molecule has 0 spiro atoms. The Balaban J connectivity index is 2.27. The zero-order chi connectivity index (χ0) is 22.8. The number of nitrogens with one attached hydrogen (secondary N) is 1. The van der Waals surface area contributed by atoms with Crippen LogP contribution >= 0.6 is 0 Å². The second-order valence-electron chi connectivity index (χ2n) is 6.40. The van der Waals surface area contributed by atoms with Gasteiger partial charge in [-0.05, 0) is 6.08 Å². The Morgan fingerprint density at radius 3 is 2.37 bits per heavy atom. The topological polar surface area (TPSA) is 239 Å². The molecule has 2 aliphatic heterocycles. The van der Waals surface area contributed by atoms with Crippen molar-refractivity contribution in [3.8, 4) is 0 Å². The molecule has 172 valence electrons. The molecule has 0 aliphatic carbocycles. The maximum absolute atomic E-state index is 11.3. The third kappa shape index (κ3) is 6.06. The van der Waals surface area contributed by atoms with Crippen molar-refractivity contribution in [3.05, 3.63) is 11.8 Å². The van der Waals surface area contributed by atoms with Gasteiger partial charge < -0.3 is 45.1 Å². The normalized spacial score (nSPS) is 37.1. The zero-order valence-corrected chi connectivity index (χ0v) is 16.1. The Kier molecular flexibility index (Phi) is 7.72. The molecule has 16 heteroatoms. The van der Waals surface area contributed by atoms with Gasteiger partial charge in [0.1, 0.15) is 36.6 Å². The predicted octanol–water partition coefficient (Wildman–Crippen LogP) is -4.18. The van der Waals surface area contributed by atoms with Gasteiger partial charge in [0.05, 0.1) is 6.61 Å². The minimum absolute atomic E-state index is 0.687. The van der Waals surface area contributed by atoms with E-state index in [1.807, 2.05) is 0 Å². The van der Waals surface area contributed by atoms with Gasteiger partial charge in [-0.25, -0.2) is 8.98 Å². The molecule has 15 nitrogen and oxygen atoms in total. The number of aliphatic carboxylic acids is 1. The van der Waals surface area contributed by atoms with E-state index in [0.717, 1.165) is 6.92 Å². The van der Waals surface area contributed by atoms with Crippen LogP contribution in [0.1, 0.15) is 6.92 Å². The molecule has 2 heterocycles. The molecule has 2 rings (SSSR count). The number of amides is 1. The molecule has 7 N–H and O–H groups in total. The van der Waals surface area contributed by atoms with E-state index in [9.17, 15) is 38.4 Å². The molecular weight excluding hydrogens is 438 g/mol. The van der Waals surface area contributed by atoms with Crippen molar-refractivity contribution in [2.75, 3.05) is 6.61 Å². The Labute approximate surface area is 169 Å². The van der Waals surface area contributed by atoms with E-state index in [-0.39, 0.29) is 0 Å². The minimum Gasteiger partial charge on any atom is -0.475 e. The van der Waals surface area contributed by atoms with Gasteiger partial charge in [-0.15, -0.1) is 0 Å². The number of carbonyl (C=O) groups excluding carboxylic acids is 1. The first-order valence-electron chi connectivity index (χ1n) is 8.34. The zero-order valence-electron chi connectivity index (χ0n) is 15.3. The highest BCUT2D eigenvalue weighted by Gasteiger charge is 2.49. The fraction of sp³-hybridized carbons (Fsp3) is 0.714. The van der Waals surface area contributed by atoms with E-state index in [1.165, 1.54) is 0 Å². The molecular formula is C14H21NO14S. The van der Waals surface area contributed by atoms with Crippen LogP contribution in [0.15, 0.2) is 11.8 Å². The molecule has 0 bridgehead atoms. The van der Waals surface area contributed by atoms with Gasteiger partial charge in [0.2, 0.25) is 18.0 Å². The average Bonchev–Trinajstić information content (AvgIpc) is 2.61. The van der Waals surface area contributed by atoms with Crippen LogP contribution in [0.2, 0.25) is 0 Å². The largest absolute Gasteiger partial charge is 0.475 e. The summed E-state index contributed by atoms with van der Waals surface area (Å²) >= 11 is 0. The van der Waals surface area contributed by atoms with Crippen LogP contribution in [-0.2, 0) is 38.4 Å². The second-order valence-corrected chi connectivity index (χ2v) is 7.49. The number of hydrogen-bond acceptors (Lipinski definition) is 12. The van der Waals surface area contributed by atoms with E-state index >= 15 is 0 Å². The van der Waals surface area contributed by atoms with Crippen LogP contribution in [-0.4, -0.2) is 106 Å². The molecule has 0 aromatic rings. The highest BCUT2D eigenvalue weighted by Crippen LogP contribution is 2.28. The van der Waals surface area contributed by atoms with E-state index < -0.39 is 83.8 Å². The summed E-state index contributed by atoms with van der Waals surface area (Å²) in [4.78, 5) is 22.4. The number of carbonyl (C=O) groups is 2. The van der Waals surface area contributed by atoms with Crippen LogP contribution in [0, 0.1) is 0 Å². The lowest BCUT2D eigenvalue weighted by Gasteiger charge is -2.44. The van der Waals surface area contributed by atoms with Crippen molar-refractivity contribution in [2.45, 2.75) is 56.1 Å². The summed E-state index contributed by atoms with van der Waals surface area (Å²) in [6.45, 7) is 0.0779. The van der Waals surface area contributed by atoms with Crippen molar-refractivity contribution in [1.29, 1.82) is 0 Å². The molecule has 8 atom stereocenters. The first-order chi connectivity index (χ1) is 13.8. The highest BCUT2D eigenvalue weighted by atomic mass is 32.3. The van der Waals surface area contributed by atoms with Crippen LogP contribution in [0.5, 0.6) is 0 Å². The maximum Gasteiger partial charge on any atom is 0.397 e. The molecule has 1 fully saturated rings. The van der Waals surface area contributed by atoms with Crippen molar-refractivity contribution >= 4 is 22.3 Å². The van der Waals surface area contributed by atoms with Crippen LogP contribution in [0.3, 0.4) is 0 Å². The predicted molar refractivity (Wildman–Crippen MR) is 89.5 cm³/mol. The molecule has 0 aromatic carbocycles. The quantitative estimate of drug-likeness (QED) is 0.179. The third-order valence-corrected chi connectivity index (χ3v) is 4.57. The summed E-state index contributed by atoms with van der Waals surface area (Å²) < 4.78 is 49.9. The first-order valence-corrected chi connectivity index (χ1v) is 9.70. The summed E-state index contributed by atoms with van der Waals surface area (Å²) in [6, 6.07) is -1.49. The average molecular weight is 459 g/mol. The van der Waals surface area contributed by atoms with Gasteiger partial charge in [0, 0.05) is 6.92 Å². The summed E-state index contributed by atoms with van der Waals surface area (Å²) in [7, 11) is -4.96.